The summed E-state index contributed by atoms with van der Waals surface area (Å²) in [6.45, 7) is 0. The molecule has 0 aliphatic heterocycles. The Hall–Kier alpha value is -3.30. The van der Waals surface area contributed by atoms with Gasteiger partial charge in [-0.25, -0.2) is 4.98 Å². The number of nitro groups is 1. The molecule has 0 spiro atoms. The second-order valence-corrected chi connectivity index (χ2v) is 8.44. The van der Waals surface area contributed by atoms with Crippen LogP contribution >= 0.6 is 23.1 Å². The van der Waals surface area contributed by atoms with Crippen LogP contribution in [0.4, 0.5) is 5.69 Å². The predicted octanol–water partition coefficient (Wildman–Crippen LogP) is 4.55. The number of non-ortho nitro benzene ring substituents is 1. The number of rotatable bonds is 6. The van der Waals surface area contributed by atoms with Crippen LogP contribution in [-0.2, 0) is 7.05 Å². The molecular formula is C21H15N3O4S2. The molecule has 150 valence electrons. The number of benzene rings is 2. The Morgan fingerprint density at radius 2 is 1.87 bits per heavy atom. The summed E-state index contributed by atoms with van der Waals surface area (Å²) in [5.74, 6) is -0.124. The summed E-state index contributed by atoms with van der Waals surface area (Å²) in [5, 5.41) is 11.7. The van der Waals surface area contributed by atoms with Crippen LogP contribution < -0.4 is 5.56 Å². The molecule has 0 unspecified atom stereocenters. The van der Waals surface area contributed by atoms with Gasteiger partial charge in [0.15, 0.2) is 10.9 Å². The van der Waals surface area contributed by atoms with Gasteiger partial charge in [0, 0.05) is 29.6 Å². The van der Waals surface area contributed by atoms with Gasteiger partial charge in [0.1, 0.15) is 4.83 Å². The van der Waals surface area contributed by atoms with Crippen LogP contribution in [0.5, 0.6) is 0 Å². The van der Waals surface area contributed by atoms with Crippen molar-refractivity contribution in [3.05, 3.63) is 86.7 Å². The third kappa shape index (κ3) is 3.89. The first kappa shape index (κ1) is 20.0. The molecule has 0 saturated heterocycles. The van der Waals surface area contributed by atoms with Crippen LogP contribution in [0.2, 0.25) is 0 Å². The van der Waals surface area contributed by atoms with Crippen molar-refractivity contribution in [2.24, 2.45) is 7.05 Å². The molecule has 0 fully saturated rings. The third-order valence-corrected chi connectivity index (χ3v) is 6.63. The van der Waals surface area contributed by atoms with E-state index in [0.717, 1.165) is 10.4 Å². The Bertz CT molecular complexity index is 1310. The molecule has 9 heteroatoms. The summed E-state index contributed by atoms with van der Waals surface area (Å²) >= 11 is 2.61. The molecule has 0 amide bonds. The Morgan fingerprint density at radius 1 is 1.17 bits per heavy atom. The second-order valence-electron chi connectivity index (χ2n) is 6.47. The first-order chi connectivity index (χ1) is 14.4. The van der Waals surface area contributed by atoms with E-state index >= 15 is 0 Å². The molecule has 0 bridgehead atoms. The van der Waals surface area contributed by atoms with E-state index in [-0.39, 0.29) is 22.8 Å². The monoisotopic (exact) mass is 437 g/mol. The summed E-state index contributed by atoms with van der Waals surface area (Å²) in [6, 6.07) is 17.1. The number of fused-ring (bicyclic) bond motifs is 1. The van der Waals surface area contributed by atoms with E-state index in [1.165, 1.54) is 51.9 Å². The third-order valence-electron chi connectivity index (χ3n) is 4.52. The first-order valence-corrected chi connectivity index (χ1v) is 10.7. The summed E-state index contributed by atoms with van der Waals surface area (Å²) in [7, 11) is 1.63. The van der Waals surface area contributed by atoms with Gasteiger partial charge in [-0.1, -0.05) is 42.1 Å². The molecule has 7 nitrogen and oxygen atoms in total. The van der Waals surface area contributed by atoms with E-state index in [9.17, 15) is 19.7 Å². The number of aromatic nitrogens is 2. The molecule has 0 N–H and O–H groups in total. The van der Waals surface area contributed by atoms with E-state index in [2.05, 4.69) is 4.98 Å². The van der Waals surface area contributed by atoms with Crippen molar-refractivity contribution in [2.45, 2.75) is 5.16 Å². The highest BCUT2D eigenvalue weighted by Crippen LogP contribution is 2.32. The van der Waals surface area contributed by atoms with Gasteiger partial charge in [-0.3, -0.25) is 24.3 Å². The average molecular weight is 438 g/mol. The number of carbonyl (C=O) groups is 1. The van der Waals surface area contributed by atoms with Gasteiger partial charge in [0.2, 0.25) is 0 Å². The summed E-state index contributed by atoms with van der Waals surface area (Å²) in [4.78, 5) is 41.6. The fourth-order valence-corrected chi connectivity index (χ4v) is 4.85. The fourth-order valence-electron chi connectivity index (χ4n) is 2.90. The predicted molar refractivity (Wildman–Crippen MR) is 118 cm³/mol. The Balaban J connectivity index is 1.58. The Kier molecular flexibility index (Phi) is 5.47. The maximum Gasteiger partial charge on any atom is 0.269 e. The van der Waals surface area contributed by atoms with Crippen LogP contribution in [-0.4, -0.2) is 26.0 Å². The smallest absolute Gasteiger partial charge is 0.269 e. The molecule has 0 aliphatic carbocycles. The van der Waals surface area contributed by atoms with Gasteiger partial charge in [0.25, 0.3) is 11.2 Å². The molecule has 0 atom stereocenters. The number of carbonyl (C=O) groups excluding carboxylic acids is 1. The van der Waals surface area contributed by atoms with Crippen LogP contribution in [0.15, 0.2) is 70.6 Å². The normalized spacial score (nSPS) is 11.0. The molecule has 0 saturated carbocycles. The zero-order valence-electron chi connectivity index (χ0n) is 15.8. The molecule has 4 rings (SSSR count). The lowest BCUT2D eigenvalue weighted by atomic mass is 10.1. The number of thioether (sulfide) groups is 1. The van der Waals surface area contributed by atoms with Crippen molar-refractivity contribution in [1.29, 1.82) is 0 Å². The minimum atomic E-state index is -0.511. The highest BCUT2D eigenvalue weighted by Gasteiger charge is 2.15. The highest BCUT2D eigenvalue weighted by molar-refractivity contribution is 7.99. The number of hydrogen-bond donors (Lipinski definition) is 0. The van der Waals surface area contributed by atoms with Gasteiger partial charge in [0.05, 0.1) is 16.1 Å². The molecule has 4 aromatic rings. The largest absolute Gasteiger partial charge is 0.293 e. The van der Waals surface area contributed by atoms with Gasteiger partial charge in [-0.2, -0.15) is 0 Å². The van der Waals surface area contributed by atoms with E-state index in [4.69, 9.17) is 0 Å². The lowest BCUT2D eigenvalue weighted by Crippen LogP contribution is -2.19. The van der Waals surface area contributed by atoms with Gasteiger partial charge < -0.3 is 0 Å². The highest BCUT2D eigenvalue weighted by atomic mass is 32.2. The lowest BCUT2D eigenvalue weighted by Gasteiger charge is -2.06. The molecule has 0 aliphatic rings. The fraction of sp³-hybridized carbons (Fsp3) is 0.0952. The van der Waals surface area contributed by atoms with Crippen molar-refractivity contribution in [3.63, 3.8) is 0 Å². The van der Waals surface area contributed by atoms with Crippen molar-refractivity contribution in [1.82, 2.24) is 9.55 Å². The maximum absolute atomic E-state index is 12.8. The molecule has 2 aromatic carbocycles. The van der Waals surface area contributed by atoms with Gasteiger partial charge in [-0.05, 0) is 23.8 Å². The minimum Gasteiger partial charge on any atom is -0.293 e. The standard InChI is InChI=1S/C21H15N3O4S2/c1-23-20(26)16-11-18(14-5-3-2-4-6-14)30-19(16)22-21(23)29-12-17(25)13-7-9-15(10-8-13)24(27)28/h2-11H,12H2,1H3. The summed E-state index contributed by atoms with van der Waals surface area (Å²) < 4.78 is 1.44. The first-order valence-electron chi connectivity index (χ1n) is 8.90. The molecule has 0 radical (unpaired) electrons. The number of nitrogens with zero attached hydrogens (tertiary/aromatic N) is 3. The minimum absolute atomic E-state index is 0.0689. The molecule has 30 heavy (non-hydrogen) atoms. The number of thiophene rings is 1. The molecule has 2 heterocycles. The summed E-state index contributed by atoms with van der Waals surface area (Å²) in [6.07, 6.45) is 0. The van der Waals surface area contributed by atoms with E-state index in [1.807, 2.05) is 36.4 Å². The van der Waals surface area contributed by atoms with Crippen molar-refractivity contribution in [2.75, 3.05) is 5.75 Å². The number of nitro benzene ring substituents is 1. The van der Waals surface area contributed by atoms with Gasteiger partial charge >= 0.3 is 0 Å². The quantitative estimate of drug-likeness (QED) is 0.144. The van der Waals surface area contributed by atoms with Crippen LogP contribution in [0.1, 0.15) is 10.4 Å². The zero-order valence-corrected chi connectivity index (χ0v) is 17.4. The Morgan fingerprint density at radius 3 is 2.53 bits per heavy atom. The maximum atomic E-state index is 12.8. The average Bonchev–Trinajstić information content (AvgIpc) is 3.20. The zero-order chi connectivity index (χ0) is 21.3. The van der Waals surface area contributed by atoms with Gasteiger partial charge in [-0.15, -0.1) is 11.3 Å². The van der Waals surface area contributed by atoms with Crippen LogP contribution in [0.3, 0.4) is 0 Å². The number of Topliss-reactive ketones (excluding diaryl/α,β-unsaturated/α-hetero) is 1. The molecule has 2 aromatic heterocycles. The lowest BCUT2D eigenvalue weighted by molar-refractivity contribution is -0.384. The summed E-state index contributed by atoms with van der Waals surface area (Å²) in [5.41, 5.74) is 1.16. The van der Waals surface area contributed by atoms with Crippen molar-refractivity contribution < 1.29 is 9.72 Å². The van der Waals surface area contributed by atoms with Crippen LogP contribution in [0.25, 0.3) is 20.7 Å². The van der Waals surface area contributed by atoms with E-state index in [1.54, 1.807) is 7.05 Å². The number of hydrogen-bond acceptors (Lipinski definition) is 7. The van der Waals surface area contributed by atoms with E-state index < -0.39 is 4.92 Å². The SMILES string of the molecule is Cn1c(SCC(=O)c2ccc([N+](=O)[O-])cc2)nc2sc(-c3ccccc3)cc2c1=O. The number of ketones is 1. The Labute approximate surface area is 179 Å². The topological polar surface area (TPSA) is 95.1 Å². The van der Waals surface area contributed by atoms with Crippen LogP contribution in [0, 0.1) is 10.1 Å². The van der Waals surface area contributed by atoms with Crippen molar-refractivity contribution in [3.8, 4) is 10.4 Å². The van der Waals surface area contributed by atoms with E-state index in [0.29, 0.717) is 20.9 Å². The molecular weight excluding hydrogens is 422 g/mol. The second kappa shape index (κ2) is 8.21. The van der Waals surface area contributed by atoms with Crippen molar-refractivity contribution >= 4 is 44.8 Å².